The van der Waals surface area contributed by atoms with Crippen LogP contribution in [0, 0.1) is 5.82 Å². The molecule has 1 saturated heterocycles. The number of aryl methyl sites for hydroxylation is 1. The number of rotatable bonds is 2. The molecule has 2 aromatic rings. The summed E-state index contributed by atoms with van der Waals surface area (Å²) in [5.74, 6) is -0.187. The summed E-state index contributed by atoms with van der Waals surface area (Å²) in [4.78, 5) is 2.35. The Bertz CT molecular complexity index is 638. The molecule has 1 aromatic heterocycles. The number of nitrogens with zero attached hydrogens (tertiary/aromatic N) is 2. The monoisotopic (exact) mass is 339 g/mol. The summed E-state index contributed by atoms with van der Waals surface area (Å²) in [5, 5.41) is 4.70. The third-order valence-corrected chi connectivity index (χ3v) is 5.11. The van der Waals surface area contributed by atoms with Gasteiger partial charge >= 0.3 is 0 Å². The number of nitrogens with one attached hydrogen (secondary N) is 1. The Morgan fingerprint density at radius 1 is 1.40 bits per heavy atom. The van der Waals surface area contributed by atoms with Crippen molar-refractivity contribution in [2.45, 2.75) is 12.5 Å². The van der Waals surface area contributed by atoms with Gasteiger partial charge in [0.25, 0.3) is 0 Å². The van der Waals surface area contributed by atoms with Crippen LogP contribution in [0.5, 0.6) is 0 Å². The molecule has 20 heavy (non-hydrogen) atoms. The lowest BCUT2D eigenvalue weighted by Gasteiger charge is -2.31. The van der Waals surface area contributed by atoms with Gasteiger partial charge in [-0.15, -0.1) is 0 Å². The van der Waals surface area contributed by atoms with Crippen LogP contribution in [0.1, 0.15) is 5.56 Å². The van der Waals surface area contributed by atoms with Crippen LogP contribution in [-0.4, -0.2) is 42.2 Å². The van der Waals surface area contributed by atoms with Gasteiger partial charge < -0.3 is 14.8 Å². The summed E-state index contributed by atoms with van der Waals surface area (Å²) in [5.41, 5.74) is 2.20. The SMILES string of the molecule is CN1CCNC(Cc2c(Br)n(C)c3cc(F)ccc23)C1. The summed E-state index contributed by atoms with van der Waals surface area (Å²) in [6.45, 7) is 3.17. The van der Waals surface area contributed by atoms with Crippen LogP contribution < -0.4 is 5.32 Å². The van der Waals surface area contributed by atoms with Crippen molar-refractivity contribution in [1.82, 2.24) is 14.8 Å². The first-order valence-corrected chi connectivity index (χ1v) is 7.70. The van der Waals surface area contributed by atoms with Crippen LogP contribution in [0.15, 0.2) is 22.8 Å². The molecular weight excluding hydrogens is 321 g/mol. The molecule has 1 unspecified atom stereocenters. The van der Waals surface area contributed by atoms with Crippen LogP contribution in [-0.2, 0) is 13.5 Å². The molecule has 108 valence electrons. The number of halogens is 2. The molecule has 0 spiro atoms. The van der Waals surface area contributed by atoms with Crippen molar-refractivity contribution in [3.05, 3.63) is 34.2 Å². The second kappa shape index (κ2) is 5.47. The van der Waals surface area contributed by atoms with Gasteiger partial charge in [0, 0.05) is 38.1 Å². The molecule has 0 bridgehead atoms. The number of hydrogen-bond acceptors (Lipinski definition) is 2. The van der Waals surface area contributed by atoms with E-state index in [0.29, 0.717) is 6.04 Å². The highest BCUT2D eigenvalue weighted by Crippen LogP contribution is 2.31. The normalized spacial score (nSPS) is 20.7. The fraction of sp³-hybridized carbons (Fsp3) is 0.467. The number of benzene rings is 1. The highest BCUT2D eigenvalue weighted by molar-refractivity contribution is 9.10. The third kappa shape index (κ3) is 2.50. The number of likely N-dealkylation sites (N-methyl/N-ethyl adjacent to an activating group) is 1. The van der Waals surface area contributed by atoms with Gasteiger partial charge in [-0.05, 0) is 53.2 Å². The zero-order valence-corrected chi connectivity index (χ0v) is 13.4. The average molecular weight is 340 g/mol. The Morgan fingerprint density at radius 3 is 2.95 bits per heavy atom. The predicted octanol–water partition coefficient (Wildman–Crippen LogP) is 2.53. The van der Waals surface area contributed by atoms with Crippen molar-refractivity contribution < 1.29 is 4.39 Å². The van der Waals surface area contributed by atoms with E-state index in [1.165, 1.54) is 5.56 Å². The molecule has 0 amide bonds. The molecule has 2 heterocycles. The standard InChI is InChI=1S/C15H19BrFN3/c1-19-6-5-18-11(9-19)8-13-12-4-3-10(17)7-14(12)20(2)15(13)16/h3-4,7,11,18H,5-6,8-9H2,1-2H3. The van der Waals surface area contributed by atoms with Crippen LogP contribution in [0.2, 0.25) is 0 Å². The Kier molecular flexibility index (Phi) is 3.84. The van der Waals surface area contributed by atoms with E-state index in [4.69, 9.17) is 0 Å². The minimum absolute atomic E-state index is 0.187. The molecular formula is C15H19BrFN3. The molecule has 0 aliphatic carbocycles. The molecule has 1 aliphatic heterocycles. The second-order valence-corrected chi connectivity index (χ2v) is 6.36. The number of fused-ring (bicyclic) bond motifs is 1. The van der Waals surface area contributed by atoms with E-state index in [1.54, 1.807) is 12.1 Å². The highest BCUT2D eigenvalue weighted by atomic mass is 79.9. The quantitative estimate of drug-likeness (QED) is 0.907. The third-order valence-electron chi connectivity index (χ3n) is 4.10. The minimum atomic E-state index is -0.187. The number of hydrogen-bond donors (Lipinski definition) is 1. The zero-order chi connectivity index (χ0) is 14.3. The van der Waals surface area contributed by atoms with Gasteiger partial charge in [-0.2, -0.15) is 0 Å². The molecule has 0 saturated carbocycles. The van der Waals surface area contributed by atoms with E-state index >= 15 is 0 Å². The van der Waals surface area contributed by atoms with Crippen molar-refractivity contribution >= 4 is 26.8 Å². The summed E-state index contributed by atoms with van der Waals surface area (Å²) in [7, 11) is 4.12. The van der Waals surface area contributed by atoms with Gasteiger partial charge in [0.05, 0.1) is 10.1 Å². The summed E-state index contributed by atoms with van der Waals surface area (Å²) in [6.07, 6.45) is 0.952. The Labute approximate surface area is 126 Å². The summed E-state index contributed by atoms with van der Waals surface area (Å²) >= 11 is 3.66. The number of piperazine rings is 1. The Hall–Kier alpha value is -0.910. The molecule has 1 atom stereocenters. The summed E-state index contributed by atoms with van der Waals surface area (Å²) in [6, 6.07) is 5.47. The molecule has 5 heteroatoms. The van der Waals surface area contributed by atoms with Gasteiger partial charge in [0.2, 0.25) is 0 Å². The van der Waals surface area contributed by atoms with E-state index in [0.717, 1.165) is 41.6 Å². The minimum Gasteiger partial charge on any atom is -0.338 e. The lowest BCUT2D eigenvalue weighted by Crippen LogP contribution is -2.49. The van der Waals surface area contributed by atoms with Crippen molar-refractivity contribution in [2.75, 3.05) is 26.7 Å². The lowest BCUT2D eigenvalue weighted by atomic mass is 10.0. The van der Waals surface area contributed by atoms with E-state index in [1.807, 2.05) is 17.7 Å². The van der Waals surface area contributed by atoms with Crippen molar-refractivity contribution in [2.24, 2.45) is 7.05 Å². The van der Waals surface area contributed by atoms with E-state index in [-0.39, 0.29) is 5.82 Å². The molecule has 1 fully saturated rings. The topological polar surface area (TPSA) is 20.2 Å². The van der Waals surface area contributed by atoms with E-state index < -0.39 is 0 Å². The van der Waals surface area contributed by atoms with Gasteiger partial charge in [-0.1, -0.05) is 0 Å². The van der Waals surface area contributed by atoms with Crippen molar-refractivity contribution in [1.29, 1.82) is 0 Å². The lowest BCUT2D eigenvalue weighted by molar-refractivity contribution is 0.238. The Morgan fingerprint density at radius 2 is 2.20 bits per heavy atom. The largest absolute Gasteiger partial charge is 0.338 e. The number of aromatic nitrogens is 1. The zero-order valence-electron chi connectivity index (χ0n) is 11.8. The van der Waals surface area contributed by atoms with Gasteiger partial charge in [0.15, 0.2) is 0 Å². The molecule has 1 N–H and O–H groups in total. The van der Waals surface area contributed by atoms with Crippen molar-refractivity contribution in [3.8, 4) is 0 Å². The maximum absolute atomic E-state index is 13.4. The average Bonchev–Trinajstić information content (AvgIpc) is 2.64. The first kappa shape index (κ1) is 14.0. The van der Waals surface area contributed by atoms with Gasteiger partial charge in [-0.3, -0.25) is 0 Å². The van der Waals surface area contributed by atoms with Gasteiger partial charge in [0.1, 0.15) is 5.82 Å². The fourth-order valence-corrected chi connectivity index (χ4v) is 3.59. The maximum atomic E-state index is 13.4. The van der Waals surface area contributed by atoms with Crippen LogP contribution in [0.3, 0.4) is 0 Å². The first-order chi connectivity index (χ1) is 9.56. The van der Waals surface area contributed by atoms with Crippen LogP contribution >= 0.6 is 15.9 Å². The van der Waals surface area contributed by atoms with E-state index in [9.17, 15) is 4.39 Å². The van der Waals surface area contributed by atoms with Crippen LogP contribution in [0.4, 0.5) is 4.39 Å². The fourth-order valence-electron chi connectivity index (χ4n) is 3.03. The van der Waals surface area contributed by atoms with E-state index in [2.05, 4.69) is 33.2 Å². The molecule has 0 radical (unpaired) electrons. The molecule has 3 rings (SSSR count). The Balaban J connectivity index is 1.96. The second-order valence-electron chi connectivity index (χ2n) is 5.61. The van der Waals surface area contributed by atoms with Gasteiger partial charge in [-0.25, -0.2) is 4.39 Å². The van der Waals surface area contributed by atoms with Crippen LogP contribution in [0.25, 0.3) is 10.9 Å². The van der Waals surface area contributed by atoms with Crippen molar-refractivity contribution in [3.63, 3.8) is 0 Å². The summed E-state index contributed by atoms with van der Waals surface area (Å²) < 4.78 is 16.5. The predicted molar refractivity (Wildman–Crippen MR) is 83.6 cm³/mol. The molecule has 1 aliphatic rings. The maximum Gasteiger partial charge on any atom is 0.125 e. The first-order valence-electron chi connectivity index (χ1n) is 6.90. The molecule has 3 nitrogen and oxygen atoms in total. The smallest absolute Gasteiger partial charge is 0.125 e. The highest BCUT2D eigenvalue weighted by Gasteiger charge is 2.21. The molecule has 1 aromatic carbocycles.